The molecule has 1 atom stereocenters. The van der Waals surface area contributed by atoms with Gasteiger partial charge in [-0.15, -0.1) is 6.42 Å². The minimum Gasteiger partial charge on any atom is -0.269 e. The van der Waals surface area contributed by atoms with Crippen LogP contribution in [0.2, 0.25) is 0 Å². The summed E-state index contributed by atoms with van der Waals surface area (Å²) in [6.45, 7) is 8.63. The van der Waals surface area contributed by atoms with Crippen molar-refractivity contribution in [3.05, 3.63) is 47.1 Å². The van der Waals surface area contributed by atoms with Gasteiger partial charge in [-0.25, -0.2) is 11.6 Å². The predicted molar refractivity (Wildman–Crippen MR) is 62.9 cm³/mol. The molecule has 1 aliphatic carbocycles. The van der Waals surface area contributed by atoms with Crippen molar-refractivity contribution in [1.29, 1.82) is 0 Å². The maximum atomic E-state index is 3.36. The zero-order chi connectivity index (χ0) is 10.6. The van der Waals surface area contributed by atoms with Crippen molar-refractivity contribution in [3.63, 3.8) is 0 Å². The third-order valence-corrected chi connectivity index (χ3v) is 2.24. The van der Waals surface area contributed by atoms with Gasteiger partial charge in [0.15, 0.2) is 0 Å². The molecule has 0 saturated heterocycles. The first-order valence-corrected chi connectivity index (χ1v) is 5.20. The van der Waals surface area contributed by atoms with E-state index in [9.17, 15) is 0 Å². The van der Waals surface area contributed by atoms with Crippen molar-refractivity contribution in [2.75, 3.05) is 0 Å². The standard InChI is InChI=1S/C14H19.Ru/c1-11(2)9-12(3)10-13(4)14-7-5-6-8-14;/h5,7,9-10,13H,6H2,1-4H3;/q-1;+1. The first kappa shape index (κ1) is 14.6. The number of hydrogen-bond acceptors (Lipinski definition) is 0. The molecule has 1 heteroatoms. The van der Waals surface area contributed by atoms with Gasteiger partial charge in [0.2, 0.25) is 0 Å². The summed E-state index contributed by atoms with van der Waals surface area (Å²) in [7, 11) is 0. The fourth-order valence-corrected chi connectivity index (χ4v) is 1.72. The average molecular weight is 288 g/mol. The van der Waals surface area contributed by atoms with E-state index in [1.807, 2.05) is 0 Å². The van der Waals surface area contributed by atoms with Crippen molar-refractivity contribution < 1.29 is 19.5 Å². The molecular formula is C14H19Ru. The first-order valence-electron chi connectivity index (χ1n) is 5.20. The Bertz CT molecular complexity index is 312. The fourth-order valence-electron chi connectivity index (χ4n) is 1.72. The maximum absolute atomic E-state index is 3.36. The summed E-state index contributed by atoms with van der Waals surface area (Å²) in [6, 6.07) is 0. The SMILES string of the molecule is CC(C)=CC(C)=CC(C)C1=[C-]CC=C1.[Ru+]. The van der Waals surface area contributed by atoms with Crippen LogP contribution < -0.4 is 0 Å². The molecule has 0 aromatic rings. The average Bonchev–Trinajstić information content (AvgIpc) is 2.53. The maximum Gasteiger partial charge on any atom is 1.00 e. The Morgan fingerprint density at radius 3 is 2.53 bits per heavy atom. The second kappa shape index (κ2) is 6.96. The monoisotopic (exact) mass is 289 g/mol. The third kappa shape index (κ3) is 5.28. The Morgan fingerprint density at radius 1 is 1.40 bits per heavy atom. The van der Waals surface area contributed by atoms with Crippen molar-refractivity contribution >= 4 is 0 Å². The van der Waals surface area contributed by atoms with E-state index in [1.54, 1.807) is 0 Å². The molecule has 1 aliphatic rings. The predicted octanol–water partition coefficient (Wildman–Crippen LogP) is 4.22. The largest absolute Gasteiger partial charge is 1.00 e. The molecule has 0 spiro atoms. The Kier molecular flexibility index (Phi) is 6.76. The van der Waals surface area contributed by atoms with Crippen LogP contribution >= 0.6 is 0 Å². The van der Waals surface area contributed by atoms with Gasteiger partial charge in [-0.05, 0) is 26.7 Å². The van der Waals surface area contributed by atoms with Crippen molar-refractivity contribution in [2.45, 2.75) is 34.1 Å². The molecule has 0 nitrogen and oxygen atoms in total. The van der Waals surface area contributed by atoms with Crippen LogP contribution in [0.25, 0.3) is 0 Å². The van der Waals surface area contributed by atoms with Gasteiger partial charge in [0.05, 0.1) is 0 Å². The molecule has 1 radical (unpaired) electrons. The second-order valence-electron chi connectivity index (χ2n) is 4.16. The first-order chi connectivity index (χ1) is 6.59. The third-order valence-electron chi connectivity index (χ3n) is 2.24. The molecule has 0 aromatic carbocycles. The fraction of sp³-hybridized carbons (Fsp3) is 0.429. The summed E-state index contributed by atoms with van der Waals surface area (Å²) < 4.78 is 0. The second-order valence-corrected chi connectivity index (χ2v) is 4.16. The molecule has 83 valence electrons. The molecule has 0 N–H and O–H groups in total. The normalized spacial score (nSPS) is 16.8. The summed E-state index contributed by atoms with van der Waals surface area (Å²) in [5.74, 6) is 0.490. The minimum absolute atomic E-state index is 0. The Labute approximate surface area is 107 Å². The van der Waals surface area contributed by atoms with Gasteiger partial charge in [0, 0.05) is 0 Å². The topological polar surface area (TPSA) is 0 Å². The molecule has 0 heterocycles. The molecule has 0 amide bonds. The molecule has 0 bridgehead atoms. The van der Waals surface area contributed by atoms with E-state index in [2.05, 4.69) is 58.1 Å². The van der Waals surface area contributed by atoms with Crippen molar-refractivity contribution in [3.8, 4) is 0 Å². The molecule has 0 fully saturated rings. The van der Waals surface area contributed by atoms with Crippen LogP contribution in [0.4, 0.5) is 0 Å². The van der Waals surface area contributed by atoms with E-state index in [0.717, 1.165) is 6.42 Å². The summed E-state index contributed by atoms with van der Waals surface area (Å²) in [5, 5.41) is 0. The number of hydrogen-bond donors (Lipinski definition) is 0. The molecule has 15 heavy (non-hydrogen) atoms. The quantitative estimate of drug-likeness (QED) is 0.414. The Balaban J connectivity index is 0.00000196. The van der Waals surface area contributed by atoms with Gasteiger partial charge in [0.1, 0.15) is 0 Å². The van der Waals surface area contributed by atoms with E-state index in [1.165, 1.54) is 16.7 Å². The van der Waals surface area contributed by atoms with E-state index >= 15 is 0 Å². The molecule has 0 saturated carbocycles. The summed E-state index contributed by atoms with van der Waals surface area (Å²) >= 11 is 0. The van der Waals surface area contributed by atoms with Crippen LogP contribution in [-0.2, 0) is 19.5 Å². The van der Waals surface area contributed by atoms with Crippen LogP contribution in [0.15, 0.2) is 41.0 Å². The minimum atomic E-state index is 0. The van der Waals surface area contributed by atoms with Crippen LogP contribution in [0, 0.1) is 12.0 Å². The number of allylic oxidation sites excluding steroid dienone is 8. The van der Waals surface area contributed by atoms with Gasteiger partial charge in [0.25, 0.3) is 0 Å². The van der Waals surface area contributed by atoms with Gasteiger partial charge >= 0.3 is 19.5 Å². The van der Waals surface area contributed by atoms with E-state index < -0.39 is 0 Å². The van der Waals surface area contributed by atoms with Gasteiger partial charge in [-0.3, -0.25) is 6.08 Å². The van der Waals surface area contributed by atoms with Crippen molar-refractivity contribution in [2.24, 2.45) is 5.92 Å². The zero-order valence-electron chi connectivity index (χ0n) is 9.95. The summed E-state index contributed by atoms with van der Waals surface area (Å²) in [6.07, 6.45) is 13.2. The molecule has 1 unspecified atom stereocenters. The van der Waals surface area contributed by atoms with Crippen LogP contribution in [0.5, 0.6) is 0 Å². The van der Waals surface area contributed by atoms with Crippen LogP contribution in [-0.4, -0.2) is 0 Å². The van der Waals surface area contributed by atoms with E-state index in [-0.39, 0.29) is 19.5 Å². The van der Waals surface area contributed by atoms with Gasteiger partial charge < -0.3 is 0 Å². The van der Waals surface area contributed by atoms with E-state index in [0.29, 0.717) is 5.92 Å². The summed E-state index contributed by atoms with van der Waals surface area (Å²) in [4.78, 5) is 0. The van der Waals surface area contributed by atoms with Crippen LogP contribution in [0.1, 0.15) is 34.1 Å². The van der Waals surface area contributed by atoms with Gasteiger partial charge in [-0.1, -0.05) is 30.2 Å². The molecular weight excluding hydrogens is 269 g/mol. The molecule has 0 aliphatic heterocycles. The smallest absolute Gasteiger partial charge is 0.269 e. The van der Waals surface area contributed by atoms with Gasteiger partial charge in [-0.2, -0.15) is 6.08 Å². The Morgan fingerprint density at radius 2 is 2.07 bits per heavy atom. The number of rotatable bonds is 3. The molecule has 0 aromatic heterocycles. The zero-order valence-corrected chi connectivity index (χ0v) is 11.7. The molecule has 1 rings (SSSR count). The van der Waals surface area contributed by atoms with Crippen molar-refractivity contribution in [1.82, 2.24) is 0 Å². The van der Waals surface area contributed by atoms with Crippen LogP contribution in [0.3, 0.4) is 0 Å². The van der Waals surface area contributed by atoms with E-state index in [4.69, 9.17) is 0 Å². The summed E-state index contributed by atoms with van der Waals surface area (Å²) in [5.41, 5.74) is 4.02. The Hall–Kier alpha value is -0.417.